The molecule has 2 aromatic rings. The zero-order valence-corrected chi connectivity index (χ0v) is 17.6. The summed E-state index contributed by atoms with van der Waals surface area (Å²) >= 11 is 0. The van der Waals surface area contributed by atoms with Gasteiger partial charge in [0.2, 0.25) is 11.5 Å². The van der Waals surface area contributed by atoms with Crippen molar-refractivity contribution in [3.63, 3.8) is 0 Å². The van der Waals surface area contributed by atoms with E-state index in [-0.39, 0.29) is 11.8 Å². The number of likely N-dealkylation sites (tertiary alicyclic amines) is 1. The molecule has 0 saturated carbocycles. The van der Waals surface area contributed by atoms with Gasteiger partial charge in [-0.1, -0.05) is 18.2 Å². The number of hydrogen-bond acceptors (Lipinski definition) is 4. The molecule has 3 rings (SSSR count). The lowest BCUT2D eigenvalue weighted by Crippen LogP contribution is -2.49. The van der Waals surface area contributed by atoms with Gasteiger partial charge in [0.05, 0.1) is 0 Å². The van der Waals surface area contributed by atoms with Crippen molar-refractivity contribution in [1.29, 1.82) is 0 Å². The number of urea groups is 1. The molecule has 1 unspecified atom stereocenters. The number of imidazole rings is 1. The average molecular weight is 453 g/mol. The maximum atomic E-state index is 13.5. The molecule has 32 heavy (non-hydrogen) atoms. The van der Waals surface area contributed by atoms with Crippen LogP contribution in [0.15, 0.2) is 42.7 Å². The third-order valence-corrected chi connectivity index (χ3v) is 5.62. The van der Waals surface area contributed by atoms with Crippen molar-refractivity contribution in [3.05, 3.63) is 48.5 Å². The summed E-state index contributed by atoms with van der Waals surface area (Å²) in [6, 6.07) is 8.52. The number of hydrogen-bond donors (Lipinski definition) is 3. The lowest BCUT2D eigenvalue weighted by atomic mass is 9.96. The van der Waals surface area contributed by atoms with Gasteiger partial charge < -0.3 is 25.2 Å². The Labute approximate surface area is 183 Å². The number of nitrogens with one attached hydrogen (secondary N) is 2. The SMILES string of the molecule is Cn1ccnc1C(O)(CCNC(=O)N1CCC(C(=O)Nc2ccccc2)CC1)C(F)(F)F. The first-order chi connectivity index (χ1) is 15.1. The highest BCUT2D eigenvalue weighted by molar-refractivity contribution is 5.92. The maximum absolute atomic E-state index is 13.5. The van der Waals surface area contributed by atoms with Crippen molar-refractivity contribution in [2.75, 3.05) is 25.0 Å². The molecule has 1 atom stereocenters. The number of aliphatic hydroxyl groups is 1. The van der Waals surface area contributed by atoms with E-state index in [0.717, 1.165) is 4.57 Å². The van der Waals surface area contributed by atoms with E-state index in [9.17, 15) is 27.9 Å². The van der Waals surface area contributed by atoms with E-state index in [4.69, 9.17) is 0 Å². The Balaban J connectivity index is 1.48. The first-order valence-electron chi connectivity index (χ1n) is 10.3. The molecule has 1 aliphatic heterocycles. The monoisotopic (exact) mass is 453 g/mol. The molecule has 3 amide bonds. The number of benzene rings is 1. The number of anilines is 1. The Hall–Kier alpha value is -3.08. The number of aryl methyl sites for hydroxylation is 1. The molecule has 0 radical (unpaired) electrons. The van der Waals surface area contributed by atoms with Crippen LogP contribution in [-0.2, 0) is 17.4 Å². The Morgan fingerprint density at radius 3 is 2.41 bits per heavy atom. The van der Waals surface area contributed by atoms with Crippen molar-refractivity contribution >= 4 is 17.6 Å². The van der Waals surface area contributed by atoms with E-state index >= 15 is 0 Å². The van der Waals surface area contributed by atoms with E-state index in [1.54, 1.807) is 12.1 Å². The number of alkyl halides is 3. The lowest BCUT2D eigenvalue weighted by molar-refractivity contribution is -0.272. The molecule has 1 fully saturated rings. The number of halogens is 3. The molecule has 0 bridgehead atoms. The fourth-order valence-corrected chi connectivity index (χ4v) is 3.72. The van der Waals surface area contributed by atoms with Crippen LogP contribution in [0.3, 0.4) is 0 Å². The Kier molecular flexibility index (Phi) is 7.07. The zero-order chi connectivity index (χ0) is 23.4. The molecule has 2 heterocycles. The highest BCUT2D eigenvalue weighted by Crippen LogP contribution is 2.40. The summed E-state index contributed by atoms with van der Waals surface area (Å²) in [5, 5.41) is 15.6. The topological polar surface area (TPSA) is 99.5 Å². The molecule has 11 heteroatoms. The fourth-order valence-electron chi connectivity index (χ4n) is 3.72. The number of aromatic nitrogens is 2. The molecule has 8 nitrogen and oxygen atoms in total. The molecule has 174 valence electrons. The van der Waals surface area contributed by atoms with Crippen LogP contribution in [0.4, 0.5) is 23.7 Å². The number of nitrogens with zero attached hydrogens (tertiary/aromatic N) is 3. The summed E-state index contributed by atoms with van der Waals surface area (Å²) in [4.78, 5) is 29.9. The van der Waals surface area contributed by atoms with Crippen molar-refractivity contribution < 1.29 is 27.9 Å². The summed E-state index contributed by atoms with van der Waals surface area (Å²) < 4.78 is 41.7. The van der Waals surface area contributed by atoms with Gasteiger partial charge in [0.1, 0.15) is 5.82 Å². The van der Waals surface area contributed by atoms with Gasteiger partial charge in [-0.2, -0.15) is 13.2 Å². The predicted molar refractivity (Wildman–Crippen MR) is 111 cm³/mol. The largest absolute Gasteiger partial charge is 0.424 e. The third-order valence-electron chi connectivity index (χ3n) is 5.62. The van der Waals surface area contributed by atoms with E-state index < -0.39 is 36.6 Å². The van der Waals surface area contributed by atoms with Crippen molar-refractivity contribution in [2.45, 2.75) is 31.0 Å². The van der Waals surface area contributed by atoms with Gasteiger partial charge in [-0.25, -0.2) is 9.78 Å². The Morgan fingerprint density at radius 2 is 1.84 bits per heavy atom. The zero-order valence-electron chi connectivity index (χ0n) is 17.6. The minimum absolute atomic E-state index is 0.124. The van der Waals surface area contributed by atoms with Gasteiger partial charge >= 0.3 is 12.2 Å². The summed E-state index contributed by atoms with van der Waals surface area (Å²) in [5.74, 6) is -0.913. The number of carbonyl (C=O) groups is 2. The van der Waals surface area contributed by atoms with Crippen LogP contribution < -0.4 is 10.6 Å². The first-order valence-corrected chi connectivity index (χ1v) is 10.3. The van der Waals surface area contributed by atoms with Crippen molar-refractivity contribution in [2.24, 2.45) is 13.0 Å². The standard InChI is InChI=1S/C21H26F3N5O3/c1-28-14-11-25-18(28)20(32,21(22,23)24)9-10-26-19(31)29-12-7-15(8-13-29)17(30)27-16-5-3-2-4-6-16/h2-6,11,14-15,32H,7-10,12-13H2,1H3,(H,26,31)(H,27,30). The van der Waals surface area contributed by atoms with E-state index in [1.807, 2.05) is 18.2 Å². The van der Waals surface area contributed by atoms with Crippen LogP contribution in [-0.4, -0.2) is 57.3 Å². The number of rotatable bonds is 6. The average Bonchev–Trinajstić information content (AvgIpc) is 3.20. The normalized spacial score (nSPS) is 17.0. The van der Waals surface area contributed by atoms with Gasteiger partial charge in [-0.05, 0) is 25.0 Å². The lowest BCUT2D eigenvalue weighted by Gasteiger charge is -2.32. The molecule has 1 aromatic carbocycles. The Bertz CT molecular complexity index is 926. The van der Waals surface area contributed by atoms with E-state index in [2.05, 4.69) is 15.6 Å². The third kappa shape index (κ3) is 5.21. The summed E-state index contributed by atoms with van der Waals surface area (Å²) in [6.07, 6.45) is -2.35. The molecule has 3 N–H and O–H groups in total. The van der Waals surface area contributed by atoms with Crippen LogP contribution in [0, 0.1) is 5.92 Å². The Morgan fingerprint density at radius 1 is 1.19 bits per heavy atom. The molecular weight excluding hydrogens is 427 g/mol. The summed E-state index contributed by atoms with van der Waals surface area (Å²) in [5.41, 5.74) is -2.48. The predicted octanol–water partition coefficient (Wildman–Crippen LogP) is 2.62. The minimum Gasteiger partial charge on any atom is -0.374 e. The maximum Gasteiger partial charge on any atom is 0.424 e. The number of piperidine rings is 1. The smallest absolute Gasteiger partial charge is 0.374 e. The molecule has 1 aromatic heterocycles. The van der Waals surface area contributed by atoms with E-state index in [1.165, 1.54) is 24.3 Å². The molecule has 0 spiro atoms. The van der Waals surface area contributed by atoms with Gasteiger partial charge in [-0.15, -0.1) is 0 Å². The molecular formula is C21H26F3N5O3. The van der Waals surface area contributed by atoms with Crippen LogP contribution in [0.5, 0.6) is 0 Å². The highest BCUT2D eigenvalue weighted by atomic mass is 19.4. The summed E-state index contributed by atoms with van der Waals surface area (Å²) in [7, 11) is 1.36. The van der Waals surface area contributed by atoms with Crippen LogP contribution >= 0.6 is 0 Å². The fraction of sp³-hybridized carbons (Fsp3) is 0.476. The highest BCUT2D eigenvalue weighted by Gasteiger charge is 2.57. The van der Waals surface area contributed by atoms with Gasteiger partial charge in [0.25, 0.3) is 0 Å². The second kappa shape index (κ2) is 9.60. The second-order valence-electron chi connectivity index (χ2n) is 7.82. The number of carbonyl (C=O) groups excluding carboxylic acids is 2. The van der Waals surface area contributed by atoms with Gasteiger partial charge in [-0.3, -0.25) is 4.79 Å². The quantitative estimate of drug-likeness (QED) is 0.626. The van der Waals surface area contributed by atoms with Crippen LogP contribution in [0.25, 0.3) is 0 Å². The first kappa shape index (κ1) is 23.6. The van der Waals surface area contributed by atoms with Crippen molar-refractivity contribution in [1.82, 2.24) is 19.8 Å². The van der Waals surface area contributed by atoms with Crippen LogP contribution in [0.1, 0.15) is 25.1 Å². The van der Waals surface area contributed by atoms with Gasteiger partial charge in [0.15, 0.2) is 0 Å². The number of amides is 3. The molecule has 0 aliphatic carbocycles. The number of para-hydroxylation sites is 1. The van der Waals surface area contributed by atoms with E-state index in [0.29, 0.717) is 31.6 Å². The molecule has 1 aliphatic rings. The second-order valence-corrected chi connectivity index (χ2v) is 7.82. The van der Waals surface area contributed by atoms with Crippen LogP contribution in [0.2, 0.25) is 0 Å². The van der Waals surface area contributed by atoms with Gasteiger partial charge in [0, 0.05) is 57.1 Å². The molecule has 1 saturated heterocycles. The minimum atomic E-state index is -4.96. The summed E-state index contributed by atoms with van der Waals surface area (Å²) in [6.45, 7) is 0.222. The van der Waals surface area contributed by atoms with Crippen molar-refractivity contribution in [3.8, 4) is 0 Å².